The number of carbonyl (C=O) groups is 1. The van der Waals surface area contributed by atoms with Gasteiger partial charge >= 0.3 is 5.97 Å². The normalized spacial score (nSPS) is 10.9. The third-order valence-corrected chi connectivity index (χ3v) is 6.19. The maximum absolute atomic E-state index is 11.4. The molecule has 2 aromatic heterocycles. The van der Waals surface area contributed by atoms with Crippen molar-refractivity contribution in [3.8, 4) is 5.75 Å². The van der Waals surface area contributed by atoms with Gasteiger partial charge in [0.1, 0.15) is 21.4 Å². The van der Waals surface area contributed by atoms with Crippen LogP contribution >= 0.6 is 23.1 Å². The van der Waals surface area contributed by atoms with E-state index in [1.54, 1.807) is 47.4 Å². The van der Waals surface area contributed by atoms with Crippen molar-refractivity contribution >= 4 is 39.3 Å². The van der Waals surface area contributed by atoms with E-state index in [0.717, 1.165) is 45.4 Å². The molecule has 0 fully saturated rings. The molecule has 0 aliphatic rings. The first-order valence-electron chi connectivity index (χ1n) is 8.81. The first kappa shape index (κ1) is 19.6. The van der Waals surface area contributed by atoms with Gasteiger partial charge in [0.05, 0.1) is 19.3 Å². The molecule has 0 bridgehead atoms. The molecule has 0 atom stereocenters. The van der Waals surface area contributed by atoms with E-state index in [4.69, 9.17) is 4.74 Å². The lowest BCUT2D eigenvalue weighted by atomic mass is 10.2. The summed E-state index contributed by atoms with van der Waals surface area (Å²) in [7, 11) is 1.37. The molecular weight excluding hydrogens is 380 g/mol. The van der Waals surface area contributed by atoms with Gasteiger partial charge in [0.15, 0.2) is 0 Å². The van der Waals surface area contributed by atoms with Gasteiger partial charge in [-0.3, -0.25) is 0 Å². The summed E-state index contributed by atoms with van der Waals surface area (Å²) in [5, 5.41) is 2.21. The Bertz CT molecular complexity index is 923. The number of rotatable bonds is 8. The van der Waals surface area contributed by atoms with Gasteiger partial charge in [-0.25, -0.2) is 14.8 Å². The number of fused-ring (bicyclic) bond motifs is 1. The molecule has 0 aliphatic heterocycles. The van der Waals surface area contributed by atoms with Crippen LogP contribution in [0.2, 0.25) is 0 Å². The number of hydrogen-bond donors (Lipinski definition) is 0. The highest BCUT2D eigenvalue weighted by Crippen LogP contribution is 2.32. The van der Waals surface area contributed by atoms with Crippen LogP contribution in [0.15, 0.2) is 35.4 Å². The van der Waals surface area contributed by atoms with Crippen LogP contribution in [-0.4, -0.2) is 35.4 Å². The number of ether oxygens (including phenoxy) is 2. The summed E-state index contributed by atoms with van der Waals surface area (Å²) in [5.41, 5.74) is 0.519. The molecule has 0 spiro atoms. The second kappa shape index (κ2) is 9.19. The molecule has 5 nitrogen and oxygen atoms in total. The third-order valence-electron chi connectivity index (χ3n) is 3.94. The van der Waals surface area contributed by atoms with Crippen molar-refractivity contribution in [1.82, 2.24) is 9.97 Å². The summed E-state index contributed by atoms with van der Waals surface area (Å²) in [6.07, 6.45) is 1.92. The molecule has 142 valence electrons. The fraction of sp³-hybridized carbons (Fsp3) is 0.350. The molecule has 2 heterocycles. The zero-order valence-corrected chi connectivity index (χ0v) is 17.3. The topological polar surface area (TPSA) is 61.3 Å². The molecule has 3 rings (SSSR count). The van der Waals surface area contributed by atoms with Crippen LogP contribution in [0, 0.1) is 6.92 Å². The Hall–Kier alpha value is -2.12. The number of thioether (sulfide) groups is 1. The lowest BCUT2D eigenvalue weighted by molar-refractivity contribution is 0.0600. The minimum Gasteiger partial charge on any atom is -0.494 e. The molecule has 7 heteroatoms. The van der Waals surface area contributed by atoms with Gasteiger partial charge in [-0.2, -0.15) is 0 Å². The number of thiophene rings is 1. The Morgan fingerprint density at radius 3 is 2.70 bits per heavy atom. The second-order valence-electron chi connectivity index (χ2n) is 5.93. The molecule has 0 aliphatic carbocycles. The summed E-state index contributed by atoms with van der Waals surface area (Å²) in [5.74, 6) is 2.14. The van der Waals surface area contributed by atoms with Gasteiger partial charge < -0.3 is 9.47 Å². The number of esters is 1. The Labute approximate surface area is 167 Å². The van der Waals surface area contributed by atoms with E-state index in [0.29, 0.717) is 12.2 Å². The van der Waals surface area contributed by atoms with E-state index >= 15 is 0 Å². The summed E-state index contributed by atoms with van der Waals surface area (Å²) < 4.78 is 10.4. The van der Waals surface area contributed by atoms with Crippen LogP contribution < -0.4 is 4.74 Å². The lowest BCUT2D eigenvalue weighted by Crippen LogP contribution is -2.02. The van der Waals surface area contributed by atoms with Gasteiger partial charge in [-0.1, -0.05) is 6.92 Å². The third kappa shape index (κ3) is 4.99. The van der Waals surface area contributed by atoms with E-state index in [2.05, 4.69) is 27.7 Å². The maximum atomic E-state index is 11.4. The van der Waals surface area contributed by atoms with Gasteiger partial charge in [0, 0.05) is 16.0 Å². The molecule has 0 radical (unpaired) electrons. The van der Waals surface area contributed by atoms with Crippen molar-refractivity contribution in [2.75, 3.05) is 19.5 Å². The number of benzene rings is 1. The SMILES string of the molecule is CCc1cc2c(SCCCOc3ccc(C(=O)OC)cc3)nc(C)nc2s1. The van der Waals surface area contributed by atoms with Crippen LogP contribution in [0.5, 0.6) is 5.75 Å². The van der Waals surface area contributed by atoms with Crippen LogP contribution in [-0.2, 0) is 11.2 Å². The van der Waals surface area contributed by atoms with Crippen molar-refractivity contribution in [3.63, 3.8) is 0 Å². The van der Waals surface area contributed by atoms with Gasteiger partial charge in [0.25, 0.3) is 0 Å². The molecule has 0 N–H and O–H groups in total. The van der Waals surface area contributed by atoms with Crippen molar-refractivity contribution in [1.29, 1.82) is 0 Å². The van der Waals surface area contributed by atoms with Gasteiger partial charge in [0.2, 0.25) is 0 Å². The Morgan fingerprint density at radius 2 is 2.00 bits per heavy atom. The van der Waals surface area contributed by atoms with Crippen molar-refractivity contribution < 1.29 is 14.3 Å². The predicted octanol–water partition coefficient (Wildman–Crippen LogP) is 4.91. The first-order valence-corrected chi connectivity index (χ1v) is 10.6. The van der Waals surface area contributed by atoms with Gasteiger partial charge in [-0.05, 0) is 50.1 Å². The Morgan fingerprint density at radius 1 is 1.22 bits per heavy atom. The number of methoxy groups -OCH3 is 1. The van der Waals surface area contributed by atoms with Crippen molar-refractivity contribution in [3.05, 3.63) is 46.6 Å². The molecule has 0 saturated carbocycles. The van der Waals surface area contributed by atoms with Crippen LogP contribution in [0.4, 0.5) is 0 Å². The summed E-state index contributed by atoms with van der Waals surface area (Å²) in [4.78, 5) is 23.0. The zero-order valence-electron chi connectivity index (χ0n) is 15.7. The minimum atomic E-state index is -0.343. The molecule has 0 unspecified atom stereocenters. The van der Waals surface area contributed by atoms with Gasteiger partial charge in [-0.15, -0.1) is 23.1 Å². The summed E-state index contributed by atoms with van der Waals surface area (Å²) in [6, 6.07) is 9.19. The molecule has 3 aromatic rings. The monoisotopic (exact) mass is 402 g/mol. The lowest BCUT2D eigenvalue weighted by Gasteiger charge is -2.07. The van der Waals surface area contributed by atoms with E-state index in [-0.39, 0.29) is 5.97 Å². The molecule has 27 heavy (non-hydrogen) atoms. The van der Waals surface area contributed by atoms with Crippen molar-refractivity contribution in [2.24, 2.45) is 0 Å². The fourth-order valence-electron chi connectivity index (χ4n) is 2.55. The number of nitrogens with zero attached hydrogens (tertiary/aromatic N) is 2. The average Bonchev–Trinajstić information content (AvgIpc) is 3.10. The largest absolute Gasteiger partial charge is 0.494 e. The molecular formula is C20H22N2O3S2. The molecule has 1 aromatic carbocycles. The first-order chi connectivity index (χ1) is 13.1. The quantitative estimate of drug-likeness (QED) is 0.231. The van der Waals surface area contributed by atoms with Crippen LogP contribution in [0.3, 0.4) is 0 Å². The van der Waals surface area contributed by atoms with E-state index in [9.17, 15) is 4.79 Å². The fourth-order valence-corrected chi connectivity index (χ4v) is 4.59. The molecule has 0 saturated heterocycles. The van der Waals surface area contributed by atoms with Crippen LogP contribution in [0.1, 0.15) is 34.4 Å². The summed E-state index contributed by atoms with van der Waals surface area (Å²) in [6.45, 7) is 4.71. The van der Waals surface area contributed by atoms with Crippen molar-refractivity contribution in [2.45, 2.75) is 31.7 Å². The molecule has 0 amide bonds. The highest BCUT2D eigenvalue weighted by Gasteiger charge is 2.10. The number of carbonyl (C=O) groups excluding carboxylic acids is 1. The highest BCUT2D eigenvalue weighted by molar-refractivity contribution is 7.99. The zero-order chi connectivity index (χ0) is 19.2. The average molecular weight is 403 g/mol. The second-order valence-corrected chi connectivity index (χ2v) is 8.13. The smallest absolute Gasteiger partial charge is 0.337 e. The number of aryl methyl sites for hydroxylation is 2. The number of aromatic nitrogens is 2. The Kier molecular flexibility index (Phi) is 6.68. The summed E-state index contributed by atoms with van der Waals surface area (Å²) >= 11 is 3.50. The standard InChI is InChI=1S/C20H22N2O3S2/c1-4-16-12-17-18(21-13(2)22-19(17)27-16)26-11-5-10-25-15-8-6-14(7-9-15)20(23)24-3/h6-9,12H,4-5,10-11H2,1-3H3. The minimum absolute atomic E-state index is 0.343. The highest BCUT2D eigenvalue weighted by atomic mass is 32.2. The van der Waals surface area contributed by atoms with E-state index in [1.165, 1.54) is 12.0 Å². The predicted molar refractivity (Wildman–Crippen MR) is 110 cm³/mol. The maximum Gasteiger partial charge on any atom is 0.337 e. The number of hydrogen-bond acceptors (Lipinski definition) is 7. The van der Waals surface area contributed by atoms with Crippen LogP contribution in [0.25, 0.3) is 10.2 Å². The van der Waals surface area contributed by atoms with E-state index in [1.807, 2.05) is 6.92 Å². The Balaban J connectivity index is 1.51. The van der Waals surface area contributed by atoms with E-state index < -0.39 is 0 Å².